The third-order valence-electron chi connectivity index (χ3n) is 2.38. The van der Waals surface area contributed by atoms with E-state index in [0.29, 0.717) is 0 Å². The van der Waals surface area contributed by atoms with Gasteiger partial charge in [0.2, 0.25) is 0 Å². The molecule has 82 valence electrons. The molecule has 0 N–H and O–H groups in total. The molecule has 0 radical (unpaired) electrons. The summed E-state index contributed by atoms with van der Waals surface area (Å²) >= 11 is 5.86. The van der Waals surface area contributed by atoms with Gasteiger partial charge in [-0.3, -0.25) is 0 Å². The lowest BCUT2D eigenvalue weighted by Crippen LogP contribution is -2.30. The van der Waals surface area contributed by atoms with Gasteiger partial charge in [0, 0.05) is 13.1 Å². The Morgan fingerprint density at radius 2 is 2.14 bits per heavy atom. The number of ether oxygens (including phenoxy) is 1. The summed E-state index contributed by atoms with van der Waals surface area (Å²) < 4.78 is 5.09. The molecule has 0 aromatic rings. The van der Waals surface area contributed by atoms with Gasteiger partial charge in [0.1, 0.15) is 0 Å². The van der Waals surface area contributed by atoms with Crippen molar-refractivity contribution >= 4 is 17.7 Å². The summed E-state index contributed by atoms with van der Waals surface area (Å²) in [6.07, 6.45) is 4.73. The maximum atomic E-state index is 11.4. The van der Waals surface area contributed by atoms with Crippen LogP contribution in [0.2, 0.25) is 0 Å². The number of carbonyl (C=O) groups excluding carboxylic acids is 1. The van der Waals surface area contributed by atoms with Crippen LogP contribution in [0.15, 0.2) is 0 Å². The molecule has 1 rings (SSSR count). The molecule has 1 saturated heterocycles. The van der Waals surface area contributed by atoms with Crippen molar-refractivity contribution in [3.05, 3.63) is 0 Å². The van der Waals surface area contributed by atoms with Crippen molar-refractivity contribution in [2.45, 2.75) is 44.6 Å². The Balaban J connectivity index is 2.18. The Labute approximate surface area is 90.4 Å². The zero-order chi connectivity index (χ0) is 10.4. The number of hydrogen-bond acceptors (Lipinski definition) is 2. The Kier molecular flexibility index (Phi) is 5.09. The SMILES string of the molecule is CCCCC(Cl)OC(=O)N1CCCC1. The van der Waals surface area contributed by atoms with Crippen LogP contribution in [-0.2, 0) is 4.74 Å². The number of unbranched alkanes of at least 4 members (excludes halogenated alkanes) is 1. The molecule has 0 spiro atoms. The van der Waals surface area contributed by atoms with Gasteiger partial charge in [-0.25, -0.2) is 4.79 Å². The van der Waals surface area contributed by atoms with E-state index in [1.54, 1.807) is 4.90 Å². The molecule has 0 aromatic carbocycles. The van der Waals surface area contributed by atoms with E-state index >= 15 is 0 Å². The van der Waals surface area contributed by atoms with E-state index in [2.05, 4.69) is 6.92 Å². The molecule has 1 aliphatic rings. The number of halogens is 1. The molecule has 1 aliphatic heterocycles. The molecular weight excluding hydrogens is 202 g/mol. The number of amides is 1. The van der Waals surface area contributed by atoms with Crippen molar-refractivity contribution in [1.82, 2.24) is 4.90 Å². The highest BCUT2D eigenvalue weighted by Gasteiger charge is 2.21. The molecule has 0 aromatic heterocycles. The van der Waals surface area contributed by atoms with E-state index in [-0.39, 0.29) is 6.09 Å². The zero-order valence-electron chi connectivity index (χ0n) is 8.67. The smallest absolute Gasteiger partial charge is 0.411 e. The average Bonchev–Trinajstić information content (AvgIpc) is 2.67. The maximum Gasteiger partial charge on any atom is 0.411 e. The molecule has 0 bridgehead atoms. The molecule has 1 heterocycles. The summed E-state index contributed by atoms with van der Waals surface area (Å²) in [5.41, 5.74) is -0.456. The molecule has 4 heteroatoms. The van der Waals surface area contributed by atoms with Gasteiger partial charge in [0.15, 0.2) is 5.56 Å². The fourth-order valence-corrected chi connectivity index (χ4v) is 1.74. The quantitative estimate of drug-likeness (QED) is 0.681. The zero-order valence-corrected chi connectivity index (χ0v) is 9.42. The van der Waals surface area contributed by atoms with Crippen molar-refractivity contribution in [2.24, 2.45) is 0 Å². The van der Waals surface area contributed by atoms with Crippen molar-refractivity contribution in [1.29, 1.82) is 0 Å². The number of likely N-dealkylation sites (tertiary alicyclic amines) is 1. The van der Waals surface area contributed by atoms with Crippen LogP contribution >= 0.6 is 11.6 Å². The number of rotatable bonds is 4. The van der Waals surface area contributed by atoms with Crippen LogP contribution < -0.4 is 0 Å². The predicted octanol–water partition coefficient (Wildman–Crippen LogP) is 2.97. The predicted molar refractivity (Wildman–Crippen MR) is 56.5 cm³/mol. The van der Waals surface area contributed by atoms with Crippen LogP contribution in [0.1, 0.15) is 39.0 Å². The number of hydrogen-bond donors (Lipinski definition) is 0. The van der Waals surface area contributed by atoms with Crippen LogP contribution in [0.25, 0.3) is 0 Å². The monoisotopic (exact) mass is 219 g/mol. The second kappa shape index (κ2) is 6.12. The summed E-state index contributed by atoms with van der Waals surface area (Å²) in [5.74, 6) is 0. The fraction of sp³-hybridized carbons (Fsp3) is 0.900. The van der Waals surface area contributed by atoms with Gasteiger partial charge in [-0.2, -0.15) is 0 Å². The van der Waals surface area contributed by atoms with Gasteiger partial charge < -0.3 is 9.64 Å². The highest BCUT2D eigenvalue weighted by molar-refractivity contribution is 6.20. The lowest BCUT2D eigenvalue weighted by molar-refractivity contribution is 0.0948. The molecule has 1 unspecified atom stereocenters. The first kappa shape index (κ1) is 11.6. The number of nitrogens with zero attached hydrogens (tertiary/aromatic N) is 1. The van der Waals surface area contributed by atoms with E-state index in [4.69, 9.17) is 16.3 Å². The molecule has 1 amide bonds. The molecule has 0 saturated carbocycles. The van der Waals surface area contributed by atoms with Gasteiger partial charge in [-0.15, -0.1) is 0 Å². The third kappa shape index (κ3) is 3.74. The third-order valence-corrected chi connectivity index (χ3v) is 2.68. The maximum absolute atomic E-state index is 11.4. The Hall–Kier alpha value is -0.440. The first-order valence-corrected chi connectivity index (χ1v) is 5.77. The lowest BCUT2D eigenvalue weighted by atomic mass is 10.3. The van der Waals surface area contributed by atoms with E-state index in [1.807, 2.05) is 0 Å². The van der Waals surface area contributed by atoms with Crippen molar-refractivity contribution in [2.75, 3.05) is 13.1 Å². The molecule has 3 nitrogen and oxygen atoms in total. The lowest BCUT2D eigenvalue weighted by Gasteiger charge is -2.17. The summed E-state index contributed by atoms with van der Waals surface area (Å²) in [7, 11) is 0. The summed E-state index contributed by atoms with van der Waals surface area (Å²) in [6.45, 7) is 3.72. The standard InChI is InChI=1S/C10H18ClNO2/c1-2-3-6-9(11)14-10(13)12-7-4-5-8-12/h9H,2-8H2,1H3. The Bertz CT molecular complexity index is 181. The minimum atomic E-state index is -0.456. The minimum absolute atomic E-state index is 0.251. The molecule has 1 fully saturated rings. The molecular formula is C10H18ClNO2. The molecule has 0 aliphatic carbocycles. The van der Waals surface area contributed by atoms with E-state index in [1.165, 1.54) is 0 Å². The van der Waals surface area contributed by atoms with E-state index in [0.717, 1.165) is 45.2 Å². The largest absolute Gasteiger partial charge is 0.430 e. The normalized spacial score (nSPS) is 18.3. The average molecular weight is 220 g/mol. The van der Waals surface area contributed by atoms with Gasteiger partial charge in [0.25, 0.3) is 0 Å². The highest BCUT2D eigenvalue weighted by atomic mass is 35.5. The minimum Gasteiger partial charge on any atom is -0.430 e. The van der Waals surface area contributed by atoms with Crippen LogP contribution in [0.5, 0.6) is 0 Å². The fourth-order valence-electron chi connectivity index (χ4n) is 1.51. The molecule has 1 atom stereocenters. The summed E-state index contributed by atoms with van der Waals surface area (Å²) in [4.78, 5) is 13.2. The van der Waals surface area contributed by atoms with E-state index in [9.17, 15) is 4.79 Å². The number of carbonyl (C=O) groups is 1. The van der Waals surface area contributed by atoms with Crippen LogP contribution in [0, 0.1) is 0 Å². The highest BCUT2D eigenvalue weighted by Crippen LogP contribution is 2.14. The topological polar surface area (TPSA) is 29.5 Å². The Morgan fingerprint density at radius 3 is 2.71 bits per heavy atom. The molecule has 14 heavy (non-hydrogen) atoms. The van der Waals surface area contributed by atoms with Gasteiger partial charge >= 0.3 is 6.09 Å². The Morgan fingerprint density at radius 1 is 1.50 bits per heavy atom. The van der Waals surface area contributed by atoms with Gasteiger partial charge in [-0.05, 0) is 25.7 Å². The second-order valence-electron chi connectivity index (χ2n) is 3.63. The van der Waals surface area contributed by atoms with E-state index < -0.39 is 5.56 Å². The van der Waals surface area contributed by atoms with Crippen LogP contribution in [0.3, 0.4) is 0 Å². The van der Waals surface area contributed by atoms with Crippen LogP contribution in [0.4, 0.5) is 4.79 Å². The second-order valence-corrected chi connectivity index (χ2v) is 4.12. The van der Waals surface area contributed by atoms with Crippen molar-refractivity contribution < 1.29 is 9.53 Å². The first-order valence-electron chi connectivity index (χ1n) is 5.33. The van der Waals surface area contributed by atoms with Crippen molar-refractivity contribution in [3.63, 3.8) is 0 Å². The van der Waals surface area contributed by atoms with Crippen molar-refractivity contribution in [3.8, 4) is 0 Å². The number of alkyl halides is 1. The summed E-state index contributed by atoms with van der Waals surface area (Å²) in [5, 5.41) is 0. The van der Waals surface area contributed by atoms with Gasteiger partial charge in [0.05, 0.1) is 0 Å². The van der Waals surface area contributed by atoms with Gasteiger partial charge in [-0.1, -0.05) is 24.9 Å². The summed E-state index contributed by atoms with van der Waals surface area (Å²) in [6, 6.07) is 0. The van der Waals surface area contributed by atoms with Crippen LogP contribution in [-0.4, -0.2) is 29.6 Å². The first-order chi connectivity index (χ1) is 6.74.